The van der Waals surface area contributed by atoms with Crippen LogP contribution in [0.15, 0.2) is 41.8 Å². The monoisotopic (exact) mass is 358 g/mol. The van der Waals surface area contributed by atoms with Gasteiger partial charge in [-0.25, -0.2) is 4.98 Å². The van der Waals surface area contributed by atoms with Crippen molar-refractivity contribution in [1.82, 2.24) is 9.88 Å². The Balaban J connectivity index is 1.81. The number of amides is 1. The van der Waals surface area contributed by atoms with Crippen molar-refractivity contribution in [3.8, 4) is 15.6 Å². The van der Waals surface area contributed by atoms with Crippen molar-refractivity contribution in [1.29, 1.82) is 0 Å². The number of rotatable bonds is 5. The van der Waals surface area contributed by atoms with Gasteiger partial charge in [-0.1, -0.05) is 24.3 Å². The minimum absolute atomic E-state index is 0.0151. The highest BCUT2D eigenvalue weighted by atomic mass is 32.1. The van der Waals surface area contributed by atoms with E-state index in [2.05, 4.69) is 4.98 Å². The molecule has 3 aromatic rings. The molecule has 0 saturated heterocycles. The summed E-state index contributed by atoms with van der Waals surface area (Å²) in [5.74, 6) is 0.774. The van der Waals surface area contributed by atoms with E-state index in [0.29, 0.717) is 11.4 Å². The number of para-hydroxylation sites is 1. The number of carbonyl (C=O) groups excluding carboxylic acids is 1. The minimum atomic E-state index is -0.0151. The van der Waals surface area contributed by atoms with Crippen LogP contribution in [0.4, 0.5) is 0 Å². The van der Waals surface area contributed by atoms with E-state index >= 15 is 0 Å². The number of carbonyl (C=O) groups is 1. The fraction of sp³-hybridized carbons (Fsp3) is 0.222. The highest BCUT2D eigenvalue weighted by Crippen LogP contribution is 2.32. The summed E-state index contributed by atoms with van der Waals surface area (Å²) in [5.41, 5.74) is 1.76. The molecule has 124 valence electrons. The first-order valence-corrected chi connectivity index (χ1v) is 9.18. The highest BCUT2D eigenvalue weighted by molar-refractivity contribution is 7.22. The molecule has 6 heteroatoms. The lowest BCUT2D eigenvalue weighted by atomic mass is 10.2. The fourth-order valence-corrected chi connectivity index (χ4v) is 4.29. The van der Waals surface area contributed by atoms with E-state index in [-0.39, 0.29) is 5.91 Å². The Kier molecular flexibility index (Phi) is 4.97. The van der Waals surface area contributed by atoms with Crippen molar-refractivity contribution >= 4 is 28.6 Å². The molecule has 0 aliphatic heterocycles. The quantitative estimate of drug-likeness (QED) is 0.676. The smallest absolute Gasteiger partial charge is 0.265 e. The third kappa shape index (κ3) is 3.34. The summed E-state index contributed by atoms with van der Waals surface area (Å²) in [4.78, 5) is 20.9. The number of aryl methyl sites for hydroxylation is 1. The second-order valence-electron chi connectivity index (χ2n) is 5.38. The van der Waals surface area contributed by atoms with E-state index in [1.165, 1.54) is 11.3 Å². The van der Waals surface area contributed by atoms with E-state index in [0.717, 1.165) is 26.9 Å². The SMILES string of the molecule is COc1ccccc1CN(C)C(=O)c1sc(-c2cccs2)nc1C. The van der Waals surface area contributed by atoms with E-state index < -0.39 is 0 Å². The average Bonchev–Trinajstić information content (AvgIpc) is 3.24. The summed E-state index contributed by atoms with van der Waals surface area (Å²) < 4.78 is 5.36. The summed E-state index contributed by atoms with van der Waals surface area (Å²) >= 11 is 3.08. The van der Waals surface area contributed by atoms with Gasteiger partial charge in [0.15, 0.2) is 0 Å². The van der Waals surface area contributed by atoms with Crippen LogP contribution in [0, 0.1) is 6.92 Å². The van der Waals surface area contributed by atoms with Gasteiger partial charge in [0.1, 0.15) is 15.6 Å². The topological polar surface area (TPSA) is 42.4 Å². The molecule has 2 heterocycles. The van der Waals surface area contributed by atoms with Crippen LogP contribution in [0.1, 0.15) is 20.9 Å². The van der Waals surface area contributed by atoms with Gasteiger partial charge in [0.05, 0.1) is 17.7 Å². The molecule has 24 heavy (non-hydrogen) atoms. The predicted octanol–water partition coefficient (Wildman–Crippen LogP) is 4.46. The molecule has 0 fully saturated rings. The number of hydrogen-bond acceptors (Lipinski definition) is 5. The molecular formula is C18H18N2O2S2. The molecule has 0 aliphatic carbocycles. The second kappa shape index (κ2) is 7.15. The second-order valence-corrected chi connectivity index (χ2v) is 7.33. The maximum Gasteiger partial charge on any atom is 0.265 e. The Labute approximate surface area is 149 Å². The van der Waals surface area contributed by atoms with Crippen LogP contribution in [0.25, 0.3) is 9.88 Å². The molecule has 0 spiro atoms. The first-order valence-electron chi connectivity index (χ1n) is 7.49. The number of nitrogens with zero attached hydrogens (tertiary/aromatic N) is 2. The van der Waals surface area contributed by atoms with Crippen LogP contribution >= 0.6 is 22.7 Å². The molecule has 2 aromatic heterocycles. The van der Waals surface area contributed by atoms with Crippen molar-refractivity contribution in [3.63, 3.8) is 0 Å². The third-order valence-corrected chi connectivity index (χ3v) is 5.85. The number of benzene rings is 1. The molecule has 0 aliphatic rings. The molecular weight excluding hydrogens is 340 g/mol. The molecule has 0 atom stereocenters. The molecule has 3 rings (SSSR count). The van der Waals surface area contributed by atoms with Crippen LogP contribution in [-0.4, -0.2) is 29.9 Å². The molecule has 0 radical (unpaired) electrons. The van der Waals surface area contributed by atoms with E-state index in [4.69, 9.17) is 4.74 Å². The summed E-state index contributed by atoms with van der Waals surface area (Å²) in [6.07, 6.45) is 0. The number of methoxy groups -OCH3 is 1. The Morgan fingerprint density at radius 3 is 2.75 bits per heavy atom. The van der Waals surface area contributed by atoms with Gasteiger partial charge in [-0.3, -0.25) is 4.79 Å². The number of aromatic nitrogens is 1. The maximum atomic E-state index is 12.8. The Hall–Kier alpha value is -2.18. The van der Waals surface area contributed by atoms with Gasteiger partial charge < -0.3 is 9.64 Å². The zero-order chi connectivity index (χ0) is 17.1. The molecule has 0 unspecified atom stereocenters. The van der Waals surface area contributed by atoms with Crippen LogP contribution < -0.4 is 4.74 Å². The largest absolute Gasteiger partial charge is 0.496 e. The van der Waals surface area contributed by atoms with E-state index in [1.807, 2.05) is 48.7 Å². The van der Waals surface area contributed by atoms with Crippen molar-refractivity contribution in [2.24, 2.45) is 0 Å². The molecule has 0 saturated carbocycles. The first kappa shape index (κ1) is 16.7. The highest BCUT2D eigenvalue weighted by Gasteiger charge is 2.20. The first-order chi connectivity index (χ1) is 11.6. The maximum absolute atomic E-state index is 12.8. The summed E-state index contributed by atoms with van der Waals surface area (Å²) in [6.45, 7) is 2.38. The number of ether oxygens (including phenoxy) is 1. The standard InChI is InChI=1S/C18H18N2O2S2/c1-12-16(24-17(19-12)15-9-6-10-23-15)18(21)20(2)11-13-7-4-5-8-14(13)22-3/h4-10H,11H2,1-3H3. The van der Waals surface area contributed by atoms with Gasteiger partial charge in [0, 0.05) is 19.2 Å². The van der Waals surface area contributed by atoms with Crippen LogP contribution in [0.2, 0.25) is 0 Å². The van der Waals surface area contributed by atoms with Crippen molar-refractivity contribution in [2.45, 2.75) is 13.5 Å². The normalized spacial score (nSPS) is 10.6. The predicted molar refractivity (Wildman–Crippen MR) is 99.0 cm³/mol. The third-order valence-electron chi connectivity index (χ3n) is 3.67. The van der Waals surface area contributed by atoms with Gasteiger partial charge in [0.2, 0.25) is 0 Å². The lowest BCUT2D eigenvalue weighted by Crippen LogP contribution is -2.26. The summed E-state index contributed by atoms with van der Waals surface area (Å²) in [7, 11) is 3.44. The van der Waals surface area contributed by atoms with Crippen molar-refractivity contribution in [2.75, 3.05) is 14.2 Å². The van der Waals surface area contributed by atoms with E-state index in [9.17, 15) is 4.79 Å². The Bertz CT molecular complexity index is 841. The Morgan fingerprint density at radius 2 is 2.04 bits per heavy atom. The van der Waals surface area contributed by atoms with Crippen LogP contribution in [0.3, 0.4) is 0 Å². The number of thiazole rings is 1. The van der Waals surface area contributed by atoms with Gasteiger partial charge >= 0.3 is 0 Å². The van der Waals surface area contributed by atoms with Crippen molar-refractivity contribution < 1.29 is 9.53 Å². The Morgan fingerprint density at radius 1 is 1.25 bits per heavy atom. The zero-order valence-electron chi connectivity index (χ0n) is 13.8. The summed E-state index contributed by atoms with van der Waals surface area (Å²) in [6, 6.07) is 11.8. The zero-order valence-corrected chi connectivity index (χ0v) is 15.4. The number of hydrogen-bond donors (Lipinski definition) is 0. The molecule has 1 amide bonds. The molecule has 4 nitrogen and oxygen atoms in total. The molecule has 0 bridgehead atoms. The minimum Gasteiger partial charge on any atom is -0.496 e. The van der Waals surface area contributed by atoms with Gasteiger partial charge in [0.25, 0.3) is 5.91 Å². The average molecular weight is 358 g/mol. The summed E-state index contributed by atoms with van der Waals surface area (Å²) in [5, 5.41) is 2.91. The van der Waals surface area contributed by atoms with Crippen LogP contribution in [0.5, 0.6) is 5.75 Å². The van der Waals surface area contributed by atoms with Crippen molar-refractivity contribution in [3.05, 3.63) is 57.9 Å². The lowest BCUT2D eigenvalue weighted by molar-refractivity contribution is 0.0788. The molecule has 1 aromatic carbocycles. The van der Waals surface area contributed by atoms with Crippen LogP contribution in [-0.2, 0) is 6.54 Å². The van der Waals surface area contributed by atoms with E-state index in [1.54, 1.807) is 30.4 Å². The van der Waals surface area contributed by atoms with Gasteiger partial charge in [-0.15, -0.1) is 22.7 Å². The van der Waals surface area contributed by atoms with Gasteiger partial charge in [-0.2, -0.15) is 0 Å². The lowest BCUT2D eigenvalue weighted by Gasteiger charge is -2.18. The molecule has 0 N–H and O–H groups in total. The van der Waals surface area contributed by atoms with Gasteiger partial charge in [-0.05, 0) is 24.4 Å². The fourth-order valence-electron chi connectivity index (χ4n) is 2.43. The number of thiophene rings is 1.